The predicted octanol–water partition coefficient (Wildman–Crippen LogP) is 16.0. The molecule has 0 radical (unpaired) electrons. The van der Waals surface area contributed by atoms with Gasteiger partial charge in [-0.3, -0.25) is 0 Å². The summed E-state index contributed by atoms with van der Waals surface area (Å²) in [5, 5.41) is 4.87. The average molecular weight is 837 g/mol. The fourth-order valence-corrected chi connectivity index (χ4v) is 10.3. The van der Waals surface area contributed by atoms with Crippen molar-refractivity contribution in [2.45, 2.75) is 13.8 Å². The minimum Gasteiger partial charge on any atom is -0.308 e. The molecule has 4 nitrogen and oxygen atoms in total. The maximum absolute atomic E-state index is 5.38. The monoisotopic (exact) mass is 836 g/mol. The number of rotatable bonds is 7. The number of thiophene rings is 1. The highest BCUT2D eigenvalue weighted by atomic mass is 32.1. The lowest BCUT2D eigenvalue weighted by Gasteiger charge is -2.17. The fourth-order valence-electron chi connectivity index (χ4n) is 9.15. The Kier molecular flexibility index (Phi) is 9.09. The molecule has 0 bridgehead atoms. The Balaban J connectivity index is 1.19. The molecule has 0 spiro atoms. The summed E-state index contributed by atoms with van der Waals surface area (Å²) >= 11 is 1.84. The van der Waals surface area contributed by atoms with E-state index in [1.807, 2.05) is 47.7 Å². The van der Waals surface area contributed by atoms with E-state index in [0.717, 1.165) is 50.1 Å². The van der Waals surface area contributed by atoms with Gasteiger partial charge < -0.3 is 4.57 Å². The van der Waals surface area contributed by atoms with Crippen LogP contribution >= 0.6 is 11.3 Å². The van der Waals surface area contributed by atoms with Crippen LogP contribution in [0.25, 0.3) is 115 Å². The van der Waals surface area contributed by atoms with Crippen LogP contribution in [0, 0.1) is 13.8 Å². The molecule has 0 saturated heterocycles. The molecule has 3 heterocycles. The molecule has 5 heteroatoms. The summed E-state index contributed by atoms with van der Waals surface area (Å²) in [4.78, 5) is 15.9. The Morgan fingerprint density at radius 1 is 0.344 bits per heavy atom. The van der Waals surface area contributed by atoms with Crippen molar-refractivity contribution in [3.63, 3.8) is 0 Å². The van der Waals surface area contributed by atoms with E-state index < -0.39 is 0 Å². The van der Waals surface area contributed by atoms with Crippen molar-refractivity contribution in [1.29, 1.82) is 0 Å². The molecular weight excluding hydrogens is 797 g/mol. The third-order valence-corrected chi connectivity index (χ3v) is 13.6. The van der Waals surface area contributed by atoms with Gasteiger partial charge in [0.25, 0.3) is 0 Å². The van der Waals surface area contributed by atoms with Crippen LogP contribution in [0.15, 0.2) is 206 Å². The summed E-state index contributed by atoms with van der Waals surface area (Å²) in [6.07, 6.45) is 0. The molecule has 0 aliphatic heterocycles. The zero-order chi connectivity index (χ0) is 42.7. The van der Waals surface area contributed by atoms with Crippen LogP contribution in [0.3, 0.4) is 0 Å². The van der Waals surface area contributed by atoms with Crippen molar-refractivity contribution < 1.29 is 0 Å². The third-order valence-electron chi connectivity index (χ3n) is 12.4. The van der Waals surface area contributed by atoms with E-state index in [4.69, 9.17) is 15.0 Å². The molecule has 0 aliphatic carbocycles. The second kappa shape index (κ2) is 15.4. The second-order valence-electron chi connectivity index (χ2n) is 16.6. The van der Waals surface area contributed by atoms with Crippen molar-refractivity contribution in [1.82, 2.24) is 19.5 Å². The van der Waals surface area contributed by atoms with Crippen LogP contribution in [0.1, 0.15) is 11.1 Å². The van der Waals surface area contributed by atoms with Crippen molar-refractivity contribution in [3.05, 3.63) is 217 Å². The summed E-state index contributed by atoms with van der Waals surface area (Å²) in [6.45, 7) is 4.27. The fraction of sp³-hybridized carbons (Fsp3) is 0.0339. The standard InChI is InChI=1S/C59H40N4S/c1-37-20-24-39(25-21-37)43-28-31-47-48-32-29-44(40-26-22-38(2)23-27-40)36-53(48)63(52(47)35-43)51-33-30-45(46-17-11-19-55-56(46)49-16-9-10-18-54(49)64-55)34-50(51)59-61-57(41-12-5-3-6-13-41)60-58(62-59)42-14-7-4-8-15-42/h3-36H,1-2H3. The highest BCUT2D eigenvalue weighted by Crippen LogP contribution is 2.44. The van der Waals surface area contributed by atoms with Crippen LogP contribution in [0.5, 0.6) is 0 Å². The smallest absolute Gasteiger partial charge is 0.166 e. The number of hydrogen-bond donors (Lipinski definition) is 0. The Hall–Kier alpha value is -7.99. The first kappa shape index (κ1) is 37.7. The number of nitrogens with zero attached hydrogens (tertiary/aromatic N) is 4. The van der Waals surface area contributed by atoms with E-state index in [1.54, 1.807) is 0 Å². The molecule has 0 amide bonds. The van der Waals surface area contributed by atoms with Gasteiger partial charge in [-0.25, -0.2) is 15.0 Å². The number of aryl methyl sites for hydroxylation is 2. The van der Waals surface area contributed by atoms with Gasteiger partial charge in [0.15, 0.2) is 17.5 Å². The molecule has 0 saturated carbocycles. The van der Waals surface area contributed by atoms with Gasteiger partial charge in [0.1, 0.15) is 0 Å². The summed E-state index contributed by atoms with van der Waals surface area (Å²) in [7, 11) is 0. The van der Waals surface area contributed by atoms with Crippen molar-refractivity contribution in [2.75, 3.05) is 0 Å². The normalized spacial score (nSPS) is 11.6. The number of benzene rings is 9. The lowest BCUT2D eigenvalue weighted by molar-refractivity contribution is 1.06. The van der Waals surface area contributed by atoms with E-state index in [-0.39, 0.29) is 0 Å². The van der Waals surface area contributed by atoms with Gasteiger partial charge in [-0.05, 0) is 83.6 Å². The summed E-state index contributed by atoms with van der Waals surface area (Å²) in [6, 6.07) is 74.1. The Morgan fingerprint density at radius 2 is 0.844 bits per heavy atom. The second-order valence-corrected chi connectivity index (χ2v) is 17.7. The van der Waals surface area contributed by atoms with E-state index in [9.17, 15) is 0 Å². The highest BCUT2D eigenvalue weighted by Gasteiger charge is 2.22. The highest BCUT2D eigenvalue weighted by molar-refractivity contribution is 7.25. The van der Waals surface area contributed by atoms with Crippen molar-refractivity contribution in [2.24, 2.45) is 0 Å². The number of hydrogen-bond acceptors (Lipinski definition) is 4. The van der Waals surface area contributed by atoms with Crippen molar-refractivity contribution in [3.8, 4) is 73.2 Å². The van der Waals surface area contributed by atoms with E-state index >= 15 is 0 Å². The SMILES string of the molecule is Cc1ccc(-c2ccc3c4ccc(-c5ccc(C)cc5)cc4n(-c4ccc(-c5cccc6sc7ccccc7c56)cc4-c4nc(-c5ccccc5)nc(-c5ccccc5)n4)c3c2)cc1. The van der Waals surface area contributed by atoms with Crippen LogP contribution < -0.4 is 0 Å². The molecule has 0 fully saturated rings. The minimum absolute atomic E-state index is 0.603. The zero-order valence-corrected chi connectivity index (χ0v) is 36.1. The molecule has 0 N–H and O–H groups in total. The van der Waals surface area contributed by atoms with Crippen LogP contribution in [0.2, 0.25) is 0 Å². The first-order chi connectivity index (χ1) is 31.5. The molecule has 0 aliphatic rings. The molecule has 64 heavy (non-hydrogen) atoms. The zero-order valence-electron chi connectivity index (χ0n) is 35.3. The van der Waals surface area contributed by atoms with Gasteiger partial charge in [0, 0.05) is 47.6 Å². The molecule has 302 valence electrons. The summed E-state index contributed by atoms with van der Waals surface area (Å²) in [5.41, 5.74) is 15.4. The lowest BCUT2D eigenvalue weighted by Crippen LogP contribution is -2.04. The maximum atomic E-state index is 5.38. The largest absolute Gasteiger partial charge is 0.308 e. The first-order valence-corrected chi connectivity index (χ1v) is 22.5. The van der Waals surface area contributed by atoms with Gasteiger partial charge in [0.2, 0.25) is 0 Å². The molecule has 9 aromatic carbocycles. The number of fused-ring (bicyclic) bond motifs is 6. The topological polar surface area (TPSA) is 43.6 Å². The van der Waals surface area contributed by atoms with Gasteiger partial charge >= 0.3 is 0 Å². The predicted molar refractivity (Wildman–Crippen MR) is 269 cm³/mol. The number of aromatic nitrogens is 4. The molecule has 12 aromatic rings. The van der Waals surface area contributed by atoms with Gasteiger partial charge in [-0.15, -0.1) is 11.3 Å². The summed E-state index contributed by atoms with van der Waals surface area (Å²) in [5.74, 6) is 1.85. The van der Waals surface area contributed by atoms with Gasteiger partial charge in [-0.1, -0.05) is 181 Å². The van der Waals surface area contributed by atoms with E-state index in [1.165, 1.54) is 58.8 Å². The van der Waals surface area contributed by atoms with Crippen molar-refractivity contribution >= 4 is 53.3 Å². The molecule has 0 atom stereocenters. The average Bonchev–Trinajstić information content (AvgIpc) is 3.90. The molecule has 12 rings (SSSR count). The molecule has 3 aromatic heterocycles. The maximum Gasteiger partial charge on any atom is 0.166 e. The molecular formula is C59H40N4S. The van der Waals surface area contributed by atoms with Crippen LogP contribution in [-0.4, -0.2) is 19.5 Å². The lowest BCUT2D eigenvalue weighted by atomic mass is 9.96. The van der Waals surface area contributed by atoms with Crippen LogP contribution in [-0.2, 0) is 0 Å². The first-order valence-electron chi connectivity index (χ1n) is 21.7. The van der Waals surface area contributed by atoms with Crippen LogP contribution in [0.4, 0.5) is 0 Å². The van der Waals surface area contributed by atoms with E-state index in [0.29, 0.717) is 17.5 Å². The Bertz CT molecular complexity index is 3560. The molecule has 0 unspecified atom stereocenters. The minimum atomic E-state index is 0.603. The Morgan fingerprint density at radius 3 is 1.44 bits per heavy atom. The quantitative estimate of drug-likeness (QED) is 0.161. The Labute approximate surface area is 375 Å². The summed E-state index contributed by atoms with van der Waals surface area (Å²) < 4.78 is 4.98. The van der Waals surface area contributed by atoms with Gasteiger partial charge in [-0.2, -0.15) is 0 Å². The third kappa shape index (κ3) is 6.57. The van der Waals surface area contributed by atoms with Gasteiger partial charge in [0.05, 0.1) is 16.7 Å². The van der Waals surface area contributed by atoms with E-state index in [2.05, 4.69) is 188 Å².